The Balaban J connectivity index is 1.28. The van der Waals surface area contributed by atoms with Crippen molar-refractivity contribution in [3.8, 4) is 11.1 Å². The fraction of sp³-hybridized carbons (Fsp3) is 0.457. The van der Waals surface area contributed by atoms with Crippen molar-refractivity contribution in [2.75, 3.05) is 19.8 Å². The molecule has 1 saturated carbocycles. The van der Waals surface area contributed by atoms with Crippen LogP contribution in [0.2, 0.25) is 0 Å². The van der Waals surface area contributed by atoms with E-state index in [0.717, 1.165) is 41.5 Å². The number of carbonyl (C=O) groups is 3. The Morgan fingerprint density at radius 2 is 1.81 bits per heavy atom. The molecule has 7 rings (SSSR count). The van der Waals surface area contributed by atoms with Crippen molar-refractivity contribution in [2.45, 2.75) is 78.1 Å². The van der Waals surface area contributed by atoms with Gasteiger partial charge in [-0.1, -0.05) is 6.07 Å². The Kier molecular flexibility index (Phi) is 8.52. The summed E-state index contributed by atoms with van der Waals surface area (Å²) in [7, 11) is 0. The van der Waals surface area contributed by atoms with Gasteiger partial charge in [-0.15, -0.1) is 0 Å². The highest BCUT2D eigenvalue weighted by molar-refractivity contribution is 9.10. The number of aryl methyl sites for hydroxylation is 2. The van der Waals surface area contributed by atoms with Crippen LogP contribution in [-0.4, -0.2) is 79.0 Å². The first kappa shape index (κ1) is 31.7. The summed E-state index contributed by atoms with van der Waals surface area (Å²) in [5.74, 6) is 0.208. The number of rotatable bonds is 5. The second kappa shape index (κ2) is 12.6. The molecular weight excluding hydrogens is 664 g/mol. The first-order chi connectivity index (χ1) is 22.6. The van der Waals surface area contributed by atoms with Gasteiger partial charge in [-0.05, 0) is 84.8 Å². The first-order valence-electron chi connectivity index (χ1n) is 16.1. The van der Waals surface area contributed by atoms with E-state index in [9.17, 15) is 14.4 Å². The van der Waals surface area contributed by atoms with Crippen molar-refractivity contribution < 1.29 is 23.9 Å². The van der Waals surface area contributed by atoms with Crippen LogP contribution in [0.4, 0.5) is 0 Å². The molecule has 244 valence electrons. The van der Waals surface area contributed by atoms with Crippen molar-refractivity contribution in [2.24, 2.45) is 5.41 Å². The number of ketones is 2. The van der Waals surface area contributed by atoms with Gasteiger partial charge in [0.15, 0.2) is 11.6 Å². The average Bonchev–Trinajstić information content (AvgIpc) is 3.44. The highest BCUT2D eigenvalue weighted by Gasteiger charge is 2.67. The van der Waals surface area contributed by atoms with Crippen molar-refractivity contribution in [3.63, 3.8) is 0 Å². The fourth-order valence-corrected chi connectivity index (χ4v) is 7.50. The van der Waals surface area contributed by atoms with E-state index in [-0.39, 0.29) is 54.2 Å². The predicted octanol–water partition coefficient (Wildman–Crippen LogP) is 4.97. The van der Waals surface area contributed by atoms with Crippen molar-refractivity contribution in [1.29, 1.82) is 0 Å². The number of aromatic nitrogens is 5. The Hall–Kier alpha value is -3.87. The maximum Gasteiger partial charge on any atom is 0.245 e. The predicted molar refractivity (Wildman–Crippen MR) is 177 cm³/mol. The first-order valence-corrected chi connectivity index (χ1v) is 16.9. The molecule has 5 heterocycles. The van der Waals surface area contributed by atoms with Gasteiger partial charge in [0, 0.05) is 60.5 Å². The molecule has 12 heteroatoms. The minimum Gasteiger partial charge on any atom is -0.381 e. The van der Waals surface area contributed by atoms with Gasteiger partial charge in [-0.25, -0.2) is 15.0 Å². The number of hydrogen-bond acceptors (Lipinski definition) is 9. The summed E-state index contributed by atoms with van der Waals surface area (Å²) in [6.07, 6.45) is 6.67. The van der Waals surface area contributed by atoms with Gasteiger partial charge in [0.1, 0.15) is 22.7 Å². The minimum absolute atomic E-state index is 0.0367. The summed E-state index contributed by atoms with van der Waals surface area (Å²) in [6, 6.07) is 7.02. The zero-order chi connectivity index (χ0) is 32.9. The van der Waals surface area contributed by atoms with Crippen molar-refractivity contribution >= 4 is 44.3 Å². The number of hydrogen-bond donors (Lipinski definition) is 0. The minimum atomic E-state index is -0.592. The summed E-state index contributed by atoms with van der Waals surface area (Å²) in [4.78, 5) is 56.3. The molecule has 2 bridgehead atoms. The standard InChI is InChI=1S/C35H37BrN6O5/c1-20-6-7-31(36)39-27(20)12-29(44)28-13-35-14-30(35)42(28)32(45)17-41-34-24(18-46-8-4-5-9-47-19-35)10-23(25-15-37-22(3)38-16-25)11-26(34)33(40-41)21(2)43/h6-7,10-11,15-16,28,30H,4-5,8-9,12-14,17-19H2,1-3H3/t28-,30+,35-/m0/s1. The number of amides is 1. The molecule has 1 aromatic carbocycles. The fourth-order valence-electron chi connectivity index (χ4n) is 7.15. The van der Waals surface area contributed by atoms with Crippen LogP contribution in [0.25, 0.3) is 22.0 Å². The van der Waals surface area contributed by atoms with Crippen molar-refractivity contribution in [3.05, 3.63) is 69.6 Å². The summed E-state index contributed by atoms with van der Waals surface area (Å²) in [5.41, 5.74) is 4.78. The van der Waals surface area contributed by atoms with E-state index < -0.39 is 6.04 Å². The van der Waals surface area contributed by atoms with E-state index in [1.165, 1.54) is 6.92 Å². The van der Waals surface area contributed by atoms with E-state index >= 15 is 0 Å². The zero-order valence-electron chi connectivity index (χ0n) is 26.8. The molecular formula is C35H37BrN6O5. The smallest absolute Gasteiger partial charge is 0.245 e. The van der Waals surface area contributed by atoms with Gasteiger partial charge >= 0.3 is 0 Å². The molecule has 1 amide bonds. The Labute approximate surface area is 281 Å². The van der Waals surface area contributed by atoms with Crippen LogP contribution >= 0.6 is 15.9 Å². The lowest BCUT2D eigenvalue weighted by Gasteiger charge is -2.27. The molecule has 4 aromatic rings. The van der Waals surface area contributed by atoms with Gasteiger partial charge in [-0.2, -0.15) is 5.10 Å². The topological polar surface area (TPSA) is 129 Å². The molecule has 1 saturated heterocycles. The number of pyridine rings is 1. The lowest BCUT2D eigenvalue weighted by molar-refractivity contribution is -0.139. The van der Waals surface area contributed by atoms with Gasteiger partial charge in [0.2, 0.25) is 5.91 Å². The Bertz CT molecular complexity index is 1890. The molecule has 2 fully saturated rings. The largest absolute Gasteiger partial charge is 0.381 e. The van der Waals surface area contributed by atoms with Crippen molar-refractivity contribution in [1.82, 2.24) is 29.6 Å². The second-order valence-corrected chi connectivity index (χ2v) is 13.9. The van der Waals surface area contributed by atoms with Crippen LogP contribution in [0.3, 0.4) is 0 Å². The van der Waals surface area contributed by atoms with Gasteiger partial charge < -0.3 is 14.4 Å². The molecule has 1 aliphatic carbocycles. The van der Waals surface area contributed by atoms with Crippen LogP contribution in [0, 0.1) is 19.3 Å². The van der Waals surface area contributed by atoms with E-state index in [4.69, 9.17) is 14.6 Å². The number of carbonyl (C=O) groups excluding carboxylic acids is 3. The number of benzene rings is 1. The van der Waals surface area contributed by atoms with E-state index in [1.807, 2.05) is 38.1 Å². The van der Waals surface area contributed by atoms with E-state index in [2.05, 4.69) is 30.9 Å². The molecule has 47 heavy (non-hydrogen) atoms. The maximum atomic E-state index is 14.4. The lowest BCUT2D eigenvalue weighted by atomic mass is 9.95. The summed E-state index contributed by atoms with van der Waals surface area (Å²) >= 11 is 3.42. The molecule has 3 atom stereocenters. The highest BCUT2D eigenvalue weighted by Crippen LogP contribution is 2.60. The van der Waals surface area contributed by atoms with Crippen LogP contribution in [0.15, 0.2) is 41.3 Å². The summed E-state index contributed by atoms with van der Waals surface area (Å²) in [6.45, 7) is 7.03. The van der Waals surface area contributed by atoms with Gasteiger partial charge in [0.25, 0.3) is 0 Å². The molecule has 11 nitrogen and oxygen atoms in total. The molecule has 0 spiro atoms. The second-order valence-electron chi connectivity index (χ2n) is 13.1. The zero-order valence-corrected chi connectivity index (χ0v) is 28.4. The number of nitrogens with zero attached hydrogens (tertiary/aromatic N) is 6. The van der Waals surface area contributed by atoms with Gasteiger partial charge in [0.05, 0.1) is 36.9 Å². The van der Waals surface area contributed by atoms with E-state index in [0.29, 0.717) is 53.3 Å². The molecule has 3 aromatic heterocycles. The Morgan fingerprint density at radius 1 is 1.04 bits per heavy atom. The highest BCUT2D eigenvalue weighted by atomic mass is 79.9. The third kappa shape index (κ3) is 6.14. The third-order valence-corrected chi connectivity index (χ3v) is 10.2. The third-order valence-electron chi connectivity index (χ3n) is 9.72. The van der Waals surface area contributed by atoms with Crippen LogP contribution in [0.5, 0.6) is 0 Å². The molecule has 2 aliphatic heterocycles. The number of Topliss-reactive ketones (excluding diaryl/α,β-unsaturated/α-hetero) is 2. The molecule has 0 N–H and O–H groups in total. The quantitative estimate of drug-likeness (QED) is 0.209. The lowest BCUT2D eigenvalue weighted by Crippen LogP contribution is -2.45. The average molecular weight is 702 g/mol. The number of ether oxygens (including phenoxy) is 2. The normalized spacial score (nSPS) is 23.1. The van der Waals surface area contributed by atoms with Gasteiger partial charge in [-0.3, -0.25) is 19.1 Å². The summed E-state index contributed by atoms with van der Waals surface area (Å²) < 4.78 is 14.6. The van der Waals surface area contributed by atoms with Crippen LogP contribution in [-0.2, 0) is 38.6 Å². The van der Waals surface area contributed by atoms with Crippen LogP contribution in [0.1, 0.15) is 65.7 Å². The SMILES string of the molecule is CC(=O)c1nn2c3c(cc(-c4cnc(C)nc4)cc13)COCCCCOC[C@@]13C[C@@H](C(=O)Cc4nc(Br)ccc4C)N(C(=O)C2)[C@@H]1C3. The summed E-state index contributed by atoms with van der Waals surface area (Å²) in [5, 5.41) is 5.35. The number of piperidine rings is 1. The Morgan fingerprint density at radius 3 is 2.57 bits per heavy atom. The van der Waals surface area contributed by atoms with Crippen LogP contribution < -0.4 is 0 Å². The maximum absolute atomic E-state index is 14.4. The monoisotopic (exact) mass is 700 g/mol. The number of halogens is 1. The van der Waals surface area contributed by atoms with E-state index in [1.54, 1.807) is 22.0 Å². The molecule has 0 unspecified atom stereocenters. The molecule has 0 radical (unpaired) electrons. The molecule has 3 aliphatic rings.